The summed E-state index contributed by atoms with van der Waals surface area (Å²) in [4.78, 5) is 27.7. The van der Waals surface area contributed by atoms with E-state index in [9.17, 15) is 14.0 Å². The number of likely N-dealkylation sites (tertiary alicyclic amines) is 1. The second kappa shape index (κ2) is 7.00. The topological polar surface area (TPSA) is 41.8 Å². The van der Waals surface area contributed by atoms with E-state index in [0.29, 0.717) is 11.6 Å². The molecular weight excluding hydrogens is 331 g/mol. The zero-order valence-electron chi connectivity index (χ0n) is 14.5. The van der Waals surface area contributed by atoms with Crippen molar-refractivity contribution in [2.75, 3.05) is 18.0 Å². The lowest BCUT2D eigenvalue weighted by atomic mass is 9.89. The maximum Gasteiger partial charge on any atom is 0.292 e. The third-order valence-electron chi connectivity index (χ3n) is 5.62. The summed E-state index contributed by atoms with van der Waals surface area (Å²) in [7, 11) is 0. The van der Waals surface area contributed by atoms with Crippen molar-refractivity contribution in [3.8, 4) is 0 Å². The van der Waals surface area contributed by atoms with Crippen LogP contribution in [-0.4, -0.2) is 30.9 Å². The number of quaternary nitrogens is 1. The number of carbonyl (C=O) groups is 2. The van der Waals surface area contributed by atoms with Crippen LogP contribution in [-0.2, 0) is 9.59 Å². The first-order valence-electron chi connectivity index (χ1n) is 9.15. The lowest BCUT2D eigenvalue weighted by molar-refractivity contribution is -0.920. The summed E-state index contributed by atoms with van der Waals surface area (Å²) in [6, 6.07) is 15.7. The van der Waals surface area contributed by atoms with Gasteiger partial charge in [0.1, 0.15) is 5.82 Å². The number of carbonyl (C=O) groups excluding carboxylic acids is 2. The normalized spacial score (nSPS) is 26.3. The Hall–Kier alpha value is -2.53. The van der Waals surface area contributed by atoms with Gasteiger partial charge in [-0.25, -0.2) is 9.29 Å². The van der Waals surface area contributed by atoms with Gasteiger partial charge in [0.15, 0.2) is 6.04 Å². The van der Waals surface area contributed by atoms with Gasteiger partial charge in [0.25, 0.3) is 5.91 Å². The van der Waals surface area contributed by atoms with E-state index in [-0.39, 0.29) is 30.1 Å². The molecule has 2 amide bonds. The molecule has 5 heteroatoms. The maximum absolute atomic E-state index is 13.1. The molecule has 2 heterocycles. The molecule has 2 aliphatic rings. The Morgan fingerprint density at radius 2 is 1.58 bits per heavy atom. The predicted molar refractivity (Wildman–Crippen MR) is 96.4 cm³/mol. The first-order valence-corrected chi connectivity index (χ1v) is 9.15. The first-order chi connectivity index (χ1) is 12.6. The lowest BCUT2D eigenvalue weighted by Gasteiger charge is -2.32. The summed E-state index contributed by atoms with van der Waals surface area (Å²) in [6.45, 7) is 1.78. The van der Waals surface area contributed by atoms with E-state index in [1.807, 2.05) is 6.07 Å². The number of halogens is 1. The molecule has 0 aliphatic carbocycles. The fraction of sp³-hybridized carbons (Fsp3) is 0.333. The third kappa shape index (κ3) is 3.15. The minimum Gasteiger partial charge on any atom is -0.324 e. The summed E-state index contributed by atoms with van der Waals surface area (Å²) in [6.07, 6.45) is 2.28. The Labute approximate surface area is 152 Å². The maximum atomic E-state index is 13.1. The zero-order valence-corrected chi connectivity index (χ0v) is 14.5. The second-order valence-corrected chi connectivity index (χ2v) is 7.14. The van der Waals surface area contributed by atoms with Gasteiger partial charge in [-0.1, -0.05) is 30.3 Å². The molecule has 4 rings (SSSR count). The monoisotopic (exact) mass is 353 g/mol. The van der Waals surface area contributed by atoms with Gasteiger partial charge in [0, 0.05) is 12.8 Å². The number of rotatable bonds is 3. The number of benzene rings is 2. The Balaban J connectivity index is 1.44. The number of piperidine rings is 1. The highest BCUT2D eigenvalue weighted by molar-refractivity contribution is 6.21. The third-order valence-corrected chi connectivity index (χ3v) is 5.62. The molecule has 2 saturated heterocycles. The van der Waals surface area contributed by atoms with Crippen LogP contribution in [0.5, 0.6) is 0 Å². The van der Waals surface area contributed by atoms with Crippen LogP contribution in [0, 0.1) is 5.82 Å². The van der Waals surface area contributed by atoms with Gasteiger partial charge in [-0.3, -0.25) is 9.59 Å². The average molecular weight is 353 g/mol. The molecule has 2 aliphatic heterocycles. The van der Waals surface area contributed by atoms with Crippen LogP contribution in [0.25, 0.3) is 0 Å². The molecule has 0 unspecified atom stereocenters. The zero-order chi connectivity index (χ0) is 18.1. The van der Waals surface area contributed by atoms with Crippen molar-refractivity contribution in [1.29, 1.82) is 0 Å². The van der Waals surface area contributed by atoms with E-state index in [1.165, 1.54) is 39.6 Å². The number of anilines is 1. The number of nitrogens with one attached hydrogen (secondary N) is 1. The summed E-state index contributed by atoms with van der Waals surface area (Å²) in [5, 5.41) is 0. The summed E-state index contributed by atoms with van der Waals surface area (Å²) >= 11 is 0. The molecule has 2 aromatic carbocycles. The van der Waals surface area contributed by atoms with E-state index in [4.69, 9.17) is 0 Å². The van der Waals surface area contributed by atoms with Gasteiger partial charge in [0.2, 0.25) is 5.91 Å². The highest BCUT2D eigenvalue weighted by Crippen LogP contribution is 2.26. The standard InChI is InChI=1S/C21H21FN2O2/c22-17-6-8-18(9-7-17)24-20(25)14-19(21(24)26)23-12-10-16(11-13-23)15-4-2-1-3-5-15/h1-9,16,19H,10-14H2/p+1/t19-/m0/s1. The Morgan fingerprint density at radius 1 is 0.923 bits per heavy atom. The van der Waals surface area contributed by atoms with E-state index in [2.05, 4.69) is 24.3 Å². The molecule has 134 valence electrons. The molecule has 26 heavy (non-hydrogen) atoms. The molecular formula is C21H22FN2O2+. The molecule has 0 radical (unpaired) electrons. The fourth-order valence-electron chi connectivity index (χ4n) is 4.21. The number of hydrogen-bond acceptors (Lipinski definition) is 2. The molecule has 4 nitrogen and oxygen atoms in total. The Bertz CT molecular complexity index is 799. The van der Waals surface area contributed by atoms with Crippen molar-refractivity contribution in [3.05, 3.63) is 66.0 Å². The van der Waals surface area contributed by atoms with E-state index in [0.717, 1.165) is 25.9 Å². The molecule has 1 N–H and O–H groups in total. The van der Waals surface area contributed by atoms with Gasteiger partial charge in [-0.15, -0.1) is 0 Å². The summed E-state index contributed by atoms with van der Waals surface area (Å²) in [5.41, 5.74) is 1.82. The molecule has 2 aromatic rings. The highest BCUT2D eigenvalue weighted by atomic mass is 19.1. The number of hydrogen-bond donors (Lipinski definition) is 1. The van der Waals surface area contributed by atoms with Crippen molar-refractivity contribution in [3.63, 3.8) is 0 Å². The van der Waals surface area contributed by atoms with Crippen molar-refractivity contribution in [1.82, 2.24) is 0 Å². The van der Waals surface area contributed by atoms with Gasteiger partial charge in [-0.05, 0) is 35.7 Å². The largest absolute Gasteiger partial charge is 0.324 e. The molecule has 2 fully saturated rings. The van der Waals surface area contributed by atoms with E-state index in [1.54, 1.807) is 0 Å². The van der Waals surface area contributed by atoms with Gasteiger partial charge >= 0.3 is 0 Å². The predicted octanol–water partition coefficient (Wildman–Crippen LogP) is 1.92. The fourth-order valence-corrected chi connectivity index (χ4v) is 4.21. The van der Waals surface area contributed by atoms with Crippen molar-refractivity contribution in [2.24, 2.45) is 0 Å². The van der Waals surface area contributed by atoms with Crippen LogP contribution in [0.2, 0.25) is 0 Å². The lowest BCUT2D eigenvalue weighted by Crippen LogP contribution is -3.17. The van der Waals surface area contributed by atoms with Gasteiger partial charge in [0.05, 0.1) is 25.2 Å². The van der Waals surface area contributed by atoms with E-state index >= 15 is 0 Å². The summed E-state index contributed by atoms with van der Waals surface area (Å²) < 4.78 is 13.1. The van der Waals surface area contributed by atoms with Crippen molar-refractivity contribution >= 4 is 17.5 Å². The summed E-state index contributed by atoms with van der Waals surface area (Å²) in [5.74, 6) is -0.197. The Morgan fingerprint density at radius 3 is 2.23 bits per heavy atom. The quantitative estimate of drug-likeness (QED) is 0.857. The van der Waals surface area contributed by atoms with Gasteiger partial charge < -0.3 is 4.90 Å². The first kappa shape index (κ1) is 16.9. The number of amides is 2. The molecule has 0 bridgehead atoms. The second-order valence-electron chi connectivity index (χ2n) is 7.14. The molecule has 0 spiro atoms. The SMILES string of the molecule is O=C1C[C@H]([NH+]2CCC(c3ccccc3)CC2)C(=O)N1c1ccc(F)cc1. The van der Waals surface area contributed by atoms with Crippen LogP contribution in [0.15, 0.2) is 54.6 Å². The Kier molecular flexibility index (Phi) is 4.55. The highest BCUT2D eigenvalue weighted by Gasteiger charge is 2.46. The van der Waals surface area contributed by atoms with Crippen LogP contribution in [0.3, 0.4) is 0 Å². The van der Waals surface area contributed by atoms with Crippen LogP contribution >= 0.6 is 0 Å². The smallest absolute Gasteiger partial charge is 0.292 e. The molecule has 0 aromatic heterocycles. The van der Waals surface area contributed by atoms with E-state index < -0.39 is 0 Å². The number of nitrogens with zero attached hydrogens (tertiary/aromatic N) is 1. The minimum absolute atomic E-state index is 0.158. The molecule has 1 atom stereocenters. The van der Waals surface area contributed by atoms with Crippen molar-refractivity contribution in [2.45, 2.75) is 31.2 Å². The van der Waals surface area contributed by atoms with Crippen LogP contribution < -0.4 is 9.80 Å². The minimum atomic E-state index is -0.377. The van der Waals surface area contributed by atoms with Crippen molar-refractivity contribution < 1.29 is 18.9 Å². The van der Waals surface area contributed by atoms with Crippen LogP contribution in [0.4, 0.5) is 10.1 Å². The number of imide groups is 1. The average Bonchev–Trinajstić information content (AvgIpc) is 2.98. The molecule has 0 saturated carbocycles. The van der Waals surface area contributed by atoms with Gasteiger partial charge in [-0.2, -0.15) is 0 Å². The van der Waals surface area contributed by atoms with Crippen LogP contribution in [0.1, 0.15) is 30.7 Å².